The van der Waals surface area contributed by atoms with Crippen LogP contribution in [0, 0.1) is 6.92 Å². The summed E-state index contributed by atoms with van der Waals surface area (Å²) in [4.78, 5) is 12.4. The molecule has 0 bridgehead atoms. The zero-order valence-electron chi connectivity index (χ0n) is 15.2. The third kappa shape index (κ3) is 5.45. The molecule has 0 aliphatic rings. The summed E-state index contributed by atoms with van der Waals surface area (Å²) >= 11 is 2.79. The first-order valence-corrected chi connectivity index (χ1v) is 10.0. The molecule has 1 atom stereocenters. The van der Waals surface area contributed by atoms with Crippen molar-refractivity contribution in [1.82, 2.24) is 10.2 Å². The van der Waals surface area contributed by atoms with Gasteiger partial charge in [0.2, 0.25) is 11.0 Å². The second kappa shape index (κ2) is 8.88. The summed E-state index contributed by atoms with van der Waals surface area (Å²) in [6.07, 6.45) is 0. The normalized spacial score (nSPS) is 11.7. The van der Waals surface area contributed by atoms with E-state index in [1.807, 2.05) is 62.4 Å². The Balaban J connectivity index is 1.55. The Morgan fingerprint density at radius 2 is 1.74 bits per heavy atom. The molecule has 3 rings (SSSR count). The summed E-state index contributed by atoms with van der Waals surface area (Å²) < 4.78 is 5.88. The average Bonchev–Trinajstić information content (AvgIpc) is 3.11. The van der Waals surface area contributed by atoms with Gasteiger partial charge in [0.25, 0.3) is 0 Å². The third-order valence-electron chi connectivity index (χ3n) is 3.71. The molecule has 1 aromatic heterocycles. The number of aromatic nitrogens is 2. The molecule has 2 aromatic carbocycles. The van der Waals surface area contributed by atoms with Crippen molar-refractivity contribution in [1.29, 1.82) is 0 Å². The molecule has 6 nitrogen and oxygen atoms in total. The van der Waals surface area contributed by atoms with Crippen LogP contribution in [0.3, 0.4) is 0 Å². The highest BCUT2D eigenvalue weighted by molar-refractivity contribution is 8.02. The molecule has 0 aliphatic carbocycles. The molecular weight excluding hydrogens is 380 g/mol. The van der Waals surface area contributed by atoms with Crippen molar-refractivity contribution in [2.24, 2.45) is 0 Å². The van der Waals surface area contributed by atoms with Crippen molar-refractivity contribution in [2.75, 3.05) is 17.7 Å². The first-order valence-electron chi connectivity index (χ1n) is 8.32. The van der Waals surface area contributed by atoms with Crippen molar-refractivity contribution in [3.8, 4) is 5.75 Å². The largest absolute Gasteiger partial charge is 0.497 e. The van der Waals surface area contributed by atoms with Gasteiger partial charge in [0.1, 0.15) is 5.75 Å². The molecule has 0 aliphatic heterocycles. The number of carbonyl (C=O) groups is 1. The minimum atomic E-state index is -0.284. The molecule has 8 heteroatoms. The number of hydrogen-bond acceptors (Lipinski definition) is 7. The van der Waals surface area contributed by atoms with Crippen LogP contribution in [0.5, 0.6) is 5.75 Å². The van der Waals surface area contributed by atoms with E-state index in [1.165, 1.54) is 23.1 Å². The van der Waals surface area contributed by atoms with Crippen LogP contribution in [-0.4, -0.2) is 28.5 Å². The summed E-state index contributed by atoms with van der Waals surface area (Å²) in [6.45, 7) is 3.86. The van der Waals surface area contributed by atoms with Crippen molar-refractivity contribution in [3.05, 3.63) is 54.1 Å². The van der Waals surface area contributed by atoms with Gasteiger partial charge in [-0.3, -0.25) is 4.79 Å². The highest BCUT2D eigenvalue weighted by atomic mass is 32.2. The number of nitrogens with one attached hydrogen (secondary N) is 2. The molecular formula is C19H20N4O2S2. The highest BCUT2D eigenvalue weighted by Gasteiger charge is 2.17. The summed E-state index contributed by atoms with van der Waals surface area (Å²) in [7, 11) is 1.63. The molecule has 1 heterocycles. The topological polar surface area (TPSA) is 76.1 Å². The van der Waals surface area contributed by atoms with Gasteiger partial charge in [-0.1, -0.05) is 40.8 Å². The molecule has 0 radical (unpaired) electrons. The number of ether oxygens (including phenoxy) is 1. The van der Waals surface area contributed by atoms with E-state index < -0.39 is 0 Å². The molecule has 0 saturated carbocycles. The number of rotatable bonds is 7. The van der Waals surface area contributed by atoms with Crippen LogP contribution < -0.4 is 15.4 Å². The Hall–Kier alpha value is -2.58. The van der Waals surface area contributed by atoms with E-state index in [4.69, 9.17) is 4.74 Å². The minimum Gasteiger partial charge on any atom is -0.497 e. The fourth-order valence-corrected chi connectivity index (χ4v) is 4.11. The van der Waals surface area contributed by atoms with Gasteiger partial charge >= 0.3 is 0 Å². The van der Waals surface area contributed by atoms with Crippen LogP contribution in [0.2, 0.25) is 0 Å². The Kier molecular flexibility index (Phi) is 6.31. The van der Waals surface area contributed by atoms with Crippen LogP contribution in [0.4, 0.5) is 16.5 Å². The average molecular weight is 401 g/mol. The summed E-state index contributed by atoms with van der Waals surface area (Å²) in [5.41, 5.74) is 2.84. The van der Waals surface area contributed by atoms with Crippen molar-refractivity contribution in [3.63, 3.8) is 0 Å². The number of thioether (sulfide) groups is 1. The van der Waals surface area contributed by atoms with Gasteiger partial charge in [-0.2, -0.15) is 0 Å². The van der Waals surface area contributed by atoms with E-state index in [9.17, 15) is 4.79 Å². The second-order valence-electron chi connectivity index (χ2n) is 5.84. The van der Waals surface area contributed by atoms with E-state index in [2.05, 4.69) is 20.8 Å². The zero-order chi connectivity index (χ0) is 19.2. The quantitative estimate of drug-likeness (QED) is 0.559. The first kappa shape index (κ1) is 19.2. The van der Waals surface area contributed by atoms with Crippen LogP contribution in [0.15, 0.2) is 52.9 Å². The molecule has 0 unspecified atom stereocenters. The Bertz CT molecular complexity index is 895. The number of hydrogen-bond donors (Lipinski definition) is 2. The maximum atomic E-state index is 12.4. The van der Waals surface area contributed by atoms with Gasteiger partial charge in [-0.05, 0) is 50.2 Å². The molecule has 140 valence electrons. The summed E-state index contributed by atoms with van der Waals surface area (Å²) in [6, 6.07) is 15.3. The van der Waals surface area contributed by atoms with E-state index in [0.717, 1.165) is 27.0 Å². The molecule has 27 heavy (non-hydrogen) atoms. The predicted molar refractivity (Wildman–Crippen MR) is 111 cm³/mol. The van der Waals surface area contributed by atoms with Crippen molar-refractivity contribution in [2.45, 2.75) is 23.4 Å². The molecule has 0 spiro atoms. The smallest absolute Gasteiger partial charge is 0.237 e. The van der Waals surface area contributed by atoms with Gasteiger partial charge in [0, 0.05) is 11.4 Å². The monoisotopic (exact) mass is 400 g/mol. The number of anilines is 3. The van der Waals surface area contributed by atoms with E-state index in [0.29, 0.717) is 5.13 Å². The van der Waals surface area contributed by atoms with E-state index >= 15 is 0 Å². The van der Waals surface area contributed by atoms with Crippen molar-refractivity contribution < 1.29 is 9.53 Å². The number of nitrogens with zero attached hydrogens (tertiary/aromatic N) is 2. The van der Waals surface area contributed by atoms with Crippen LogP contribution >= 0.6 is 23.1 Å². The molecule has 0 saturated heterocycles. The number of carbonyl (C=O) groups excluding carboxylic acids is 1. The Morgan fingerprint density at radius 3 is 2.41 bits per heavy atom. The predicted octanol–water partition coefficient (Wildman–Crippen LogP) is 4.72. The van der Waals surface area contributed by atoms with Gasteiger partial charge in [-0.15, -0.1) is 10.2 Å². The minimum absolute atomic E-state index is 0.0660. The molecule has 1 amide bonds. The molecule has 0 fully saturated rings. The van der Waals surface area contributed by atoms with Crippen LogP contribution in [0.1, 0.15) is 12.5 Å². The summed E-state index contributed by atoms with van der Waals surface area (Å²) in [5, 5.41) is 14.8. The number of methoxy groups -OCH3 is 1. The lowest BCUT2D eigenvalue weighted by molar-refractivity contribution is -0.115. The second-order valence-corrected chi connectivity index (χ2v) is 8.41. The fourth-order valence-electron chi connectivity index (χ4n) is 2.19. The van der Waals surface area contributed by atoms with Crippen LogP contribution in [-0.2, 0) is 4.79 Å². The van der Waals surface area contributed by atoms with Crippen molar-refractivity contribution >= 4 is 45.5 Å². The van der Waals surface area contributed by atoms with Gasteiger partial charge < -0.3 is 15.4 Å². The van der Waals surface area contributed by atoms with E-state index in [1.54, 1.807) is 7.11 Å². The fraction of sp³-hybridized carbons (Fsp3) is 0.211. The zero-order valence-corrected chi connectivity index (χ0v) is 16.9. The van der Waals surface area contributed by atoms with Gasteiger partial charge in [0.15, 0.2) is 4.34 Å². The highest BCUT2D eigenvalue weighted by Crippen LogP contribution is 2.31. The lowest BCUT2D eigenvalue weighted by Gasteiger charge is -2.10. The lowest BCUT2D eigenvalue weighted by Crippen LogP contribution is -2.22. The standard InChI is InChI=1S/C19H20N4O2S2/c1-12-4-6-14(7-5-12)20-17(24)13(2)26-19-23-22-18(27-19)21-15-8-10-16(25-3)11-9-15/h4-11,13H,1-3H3,(H,20,24)(H,21,22)/t13-/m1/s1. The number of amides is 1. The third-order valence-corrected chi connectivity index (χ3v) is 5.74. The lowest BCUT2D eigenvalue weighted by atomic mass is 10.2. The number of aryl methyl sites for hydroxylation is 1. The number of benzene rings is 2. The van der Waals surface area contributed by atoms with Gasteiger partial charge in [-0.25, -0.2) is 0 Å². The molecule has 2 N–H and O–H groups in total. The Morgan fingerprint density at radius 1 is 1.07 bits per heavy atom. The first-order chi connectivity index (χ1) is 13.0. The molecule has 3 aromatic rings. The maximum Gasteiger partial charge on any atom is 0.237 e. The summed E-state index contributed by atoms with van der Waals surface area (Å²) in [5.74, 6) is 0.728. The Labute approximate surface area is 166 Å². The van der Waals surface area contributed by atoms with E-state index in [-0.39, 0.29) is 11.2 Å². The SMILES string of the molecule is COc1ccc(Nc2nnc(S[C@H](C)C(=O)Nc3ccc(C)cc3)s2)cc1. The van der Waals surface area contributed by atoms with Crippen LogP contribution in [0.25, 0.3) is 0 Å². The van der Waals surface area contributed by atoms with Gasteiger partial charge in [0.05, 0.1) is 12.4 Å². The maximum absolute atomic E-state index is 12.4.